The van der Waals surface area contributed by atoms with E-state index in [0.717, 1.165) is 31.5 Å². The second-order valence-corrected chi connectivity index (χ2v) is 8.24. The summed E-state index contributed by atoms with van der Waals surface area (Å²) in [5.74, 6) is -0.428. The summed E-state index contributed by atoms with van der Waals surface area (Å²) in [5.41, 5.74) is 2.34. The Morgan fingerprint density at radius 2 is 1.63 bits per heavy atom. The molecule has 164 valence electrons. The van der Waals surface area contributed by atoms with Crippen LogP contribution in [0.25, 0.3) is 0 Å². The maximum atomic E-state index is 12.4. The maximum Gasteiger partial charge on any atom is 0.319 e. The molecule has 0 radical (unpaired) electrons. The number of ether oxygens (including phenoxy) is 1. The number of aryl methyl sites for hydroxylation is 2. The Labute approximate surface area is 178 Å². The van der Waals surface area contributed by atoms with Gasteiger partial charge in [0.15, 0.2) is 0 Å². The highest BCUT2D eigenvalue weighted by molar-refractivity contribution is 5.77. The molecule has 1 aromatic carbocycles. The van der Waals surface area contributed by atoms with Crippen molar-refractivity contribution in [2.45, 2.75) is 45.4 Å². The van der Waals surface area contributed by atoms with Crippen molar-refractivity contribution in [1.82, 2.24) is 15.1 Å². The fourth-order valence-corrected chi connectivity index (χ4v) is 3.98. The Balaban J connectivity index is 1.26. The number of hydrogen-bond donors (Lipinski definition) is 1. The third-order valence-electron chi connectivity index (χ3n) is 5.91. The predicted molar refractivity (Wildman–Crippen MR) is 114 cm³/mol. The van der Waals surface area contributed by atoms with Crippen molar-refractivity contribution in [2.75, 3.05) is 39.3 Å². The number of hydrogen-bond acceptors (Lipinski definition) is 4. The van der Waals surface area contributed by atoms with E-state index in [-0.39, 0.29) is 30.4 Å². The highest BCUT2D eigenvalue weighted by Gasteiger charge is 2.31. The summed E-state index contributed by atoms with van der Waals surface area (Å²) in [6.07, 6.45) is 4.55. The minimum Gasteiger partial charge on any atom is -0.464 e. The zero-order valence-corrected chi connectivity index (χ0v) is 17.9. The van der Waals surface area contributed by atoms with Crippen LogP contribution in [0.4, 0.5) is 4.79 Å². The van der Waals surface area contributed by atoms with Crippen molar-refractivity contribution in [1.29, 1.82) is 0 Å². The Bertz CT molecular complexity index is 720. The zero-order chi connectivity index (χ0) is 21.3. The van der Waals surface area contributed by atoms with Gasteiger partial charge in [-0.1, -0.05) is 29.8 Å². The van der Waals surface area contributed by atoms with Crippen molar-refractivity contribution >= 4 is 17.9 Å². The number of nitrogens with zero attached hydrogens (tertiary/aromatic N) is 2. The third-order valence-corrected chi connectivity index (χ3v) is 5.91. The Morgan fingerprint density at radius 3 is 2.30 bits per heavy atom. The molecule has 30 heavy (non-hydrogen) atoms. The first kappa shape index (κ1) is 22.1. The second-order valence-electron chi connectivity index (χ2n) is 8.24. The van der Waals surface area contributed by atoms with Crippen molar-refractivity contribution < 1.29 is 19.1 Å². The van der Waals surface area contributed by atoms with E-state index >= 15 is 0 Å². The van der Waals surface area contributed by atoms with Crippen LogP contribution in [0.5, 0.6) is 0 Å². The molecule has 0 atom stereocenters. The van der Waals surface area contributed by atoms with Gasteiger partial charge in [-0.05, 0) is 44.6 Å². The predicted octanol–water partition coefficient (Wildman–Crippen LogP) is 2.51. The molecule has 0 aromatic heterocycles. The molecule has 7 nitrogen and oxygen atoms in total. The van der Waals surface area contributed by atoms with Gasteiger partial charge in [0.05, 0.1) is 12.5 Å². The fraction of sp³-hybridized carbons (Fsp3) is 0.609. The largest absolute Gasteiger partial charge is 0.464 e. The summed E-state index contributed by atoms with van der Waals surface area (Å²) in [6, 6.07) is 8.26. The molecule has 2 saturated heterocycles. The maximum absolute atomic E-state index is 12.4. The molecular formula is C23H33N3O4. The summed E-state index contributed by atoms with van der Waals surface area (Å²) in [7, 11) is 0. The van der Waals surface area contributed by atoms with E-state index in [1.807, 2.05) is 41.0 Å². The first-order valence-electron chi connectivity index (χ1n) is 11.1. The number of rotatable bonds is 7. The molecule has 2 fully saturated rings. The number of likely N-dealkylation sites (tertiary alicyclic amines) is 2. The number of amides is 3. The lowest BCUT2D eigenvalue weighted by atomic mass is 9.97. The first-order chi connectivity index (χ1) is 14.5. The van der Waals surface area contributed by atoms with E-state index in [1.165, 1.54) is 5.56 Å². The molecule has 0 spiro atoms. The van der Waals surface area contributed by atoms with Crippen molar-refractivity contribution in [3.8, 4) is 0 Å². The van der Waals surface area contributed by atoms with Crippen molar-refractivity contribution in [3.63, 3.8) is 0 Å². The van der Waals surface area contributed by atoms with Crippen molar-refractivity contribution in [2.24, 2.45) is 5.92 Å². The highest BCUT2D eigenvalue weighted by atomic mass is 16.5. The van der Waals surface area contributed by atoms with Crippen LogP contribution in [-0.4, -0.2) is 67.0 Å². The molecule has 2 aliphatic rings. The number of urea groups is 1. The summed E-state index contributed by atoms with van der Waals surface area (Å²) in [5, 5.41) is 2.80. The molecule has 0 bridgehead atoms. The molecule has 2 aliphatic heterocycles. The molecule has 0 saturated carbocycles. The first-order valence-corrected chi connectivity index (χ1v) is 11.1. The van der Waals surface area contributed by atoms with Crippen LogP contribution in [-0.2, 0) is 20.7 Å². The van der Waals surface area contributed by atoms with Gasteiger partial charge in [-0.2, -0.15) is 0 Å². The molecule has 1 N–H and O–H groups in total. The number of piperidine rings is 1. The molecule has 3 rings (SSSR count). The van der Waals surface area contributed by atoms with E-state index in [9.17, 15) is 14.4 Å². The van der Waals surface area contributed by atoms with Gasteiger partial charge in [0.2, 0.25) is 5.91 Å². The van der Waals surface area contributed by atoms with Gasteiger partial charge in [0.25, 0.3) is 0 Å². The number of carbonyl (C=O) groups excluding carboxylic acids is 3. The van der Waals surface area contributed by atoms with Crippen LogP contribution in [0.2, 0.25) is 0 Å². The zero-order valence-electron chi connectivity index (χ0n) is 17.9. The van der Waals surface area contributed by atoms with Gasteiger partial charge in [0, 0.05) is 32.6 Å². The smallest absolute Gasteiger partial charge is 0.319 e. The average molecular weight is 416 g/mol. The molecule has 0 aliphatic carbocycles. The van der Waals surface area contributed by atoms with Gasteiger partial charge in [-0.3, -0.25) is 9.59 Å². The van der Waals surface area contributed by atoms with Crippen LogP contribution in [0.1, 0.15) is 43.2 Å². The van der Waals surface area contributed by atoms with Crippen LogP contribution < -0.4 is 5.32 Å². The normalized spacial score (nSPS) is 17.1. The van der Waals surface area contributed by atoms with Crippen molar-refractivity contribution in [3.05, 3.63) is 35.4 Å². The van der Waals surface area contributed by atoms with Crippen LogP contribution in [0, 0.1) is 12.8 Å². The van der Waals surface area contributed by atoms with Crippen LogP contribution in [0.3, 0.4) is 0 Å². The number of nitrogens with one attached hydrogen (secondary N) is 1. The average Bonchev–Trinajstić information content (AvgIpc) is 3.31. The van der Waals surface area contributed by atoms with Gasteiger partial charge < -0.3 is 19.9 Å². The standard InChI is InChI=1S/C23H33N3O4/c1-18-4-6-19(7-5-18)8-9-21(27)24-12-17-30-22(28)20-10-15-26(16-11-20)23(29)25-13-2-3-14-25/h4-7,20H,2-3,8-17H2,1H3,(H,24,27). The summed E-state index contributed by atoms with van der Waals surface area (Å²) in [4.78, 5) is 40.4. The molecule has 3 amide bonds. The van der Waals surface area contributed by atoms with E-state index < -0.39 is 0 Å². The van der Waals surface area contributed by atoms with E-state index in [1.54, 1.807) is 0 Å². The van der Waals surface area contributed by atoms with E-state index in [0.29, 0.717) is 45.3 Å². The van der Waals surface area contributed by atoms with Gasteiger partial charge >= 0.3 is 12.0 Å². The number of esters is 1. The Hall–Kier alpha value is -2.57. The lowest BCUT2D eigenvalue weighted by molar-refractivity contribution is -0.150. The molecular weight excluding hydrogens is 382 g/mol. The summed E-state index contributed by atoms with van der Waals surface area (Å²) >= 11 is 0. The van der Waals surface area contributed by atoms with Gasteiger partial charge in [-0.25, -0.2) is 4.79 Å². The fourth-order valence-electron chi connectivity index (χ4n) is 3.98. The summed E-state index contributed by atoms with van der Waals surface area (Å²) < 4.78 is 5.34. The topological polar surface area (TPSA) is 79.0 Å². The van der Waals surface area contributed by atoms with E-state index in [4.69, 9.17) is 4.74 Å². The van der Waals surface area contributed by atoms with Gasteiger partial charge in [-0.15, -0.1) is 0 Å². The highest BCUT2D eigenvalue weighted by Crippen LogP contribution is 2.21. The summed E-state index contributed by atoms with van der Waals surface area (Å²) in [6.45, 7) is 5.44. The molecule has 7 heteroatoms. The Kier molecular flexibility index (Phi) is 8.11. The second kappa shape index (κ2) is 11.0. The number of carbonyl (C=O) groups is 3. The minimum atomic E-state index is -0.225. The van der Waals surface area contributed by atoms with Crippen LogP contribution >= 0.6 is 0 Å². The van der Waals surface area contributed by atoms with E-state index in [2.05, 4.69) is 5.32 Å². The minimum absolute atomic E-state index is 0.0413. The monoisotopic (exact) mass is 415 g/mol. The SMILES string of the molecule is Cc1ccc(CCC(=O)NCCOC(=O)C2CCN(C(=O)N3CCCC3)CC2)cc1. The number of benzene rings is 1. The molecule has 2 heterocycles. The van der Waals surface area contributed by atoms with Crippen LogP contribution in [0.15, 0.2) is 24.3 Å². The molecule has 1 aromatic rings. The quantitative estimate of drug-likeness (QED) is 0.548. The third kappa shape index (κ3) is 6.47. The Morgan fingerprint density at radius 1 is 1.00 bits per heavy atom. The lowest BCUT2D eigenvalue weighted by Gasteiger charge is -2.33. The lowest BCUT2D eigenvalue weighted by Crippen LogP contribution is -2.46. The van der Waals surface area contributed by atoms with Gasteiger partial charge in [0.1, 0.15) is 6.61 Å². The molecule has 0 unspecified atom stereocenters.